The first kappa shape index (κ1) is 10.9. The Bertz CT molecular complexity index is 224. The summed E-state index contributed by atoms with van der Waals surface area (Å²) in [4.78, 5) is 11.6. The van der Waals surface area contributed by atoms with Crippen LogP contribution in [0.2, 0.25) is 0 Å². The number of methoxy groups -OCH3 is 1. The number of nitrogens with one attached hydrogen (secondary N) is 1. The van der Waals surface area contributed by atoms with E-state index in [4.69, 9.17) is 4.74 Å². The highest BCUT2D eigenvalue weighted by Crippen LogP contribution is 2.36. The van der Waals surface area contributed by atoms with E-state index in [-0.39, 0.29) is 11.9 Å². The molecule has 3 nitrogen and oxygen atoms in total. The molecule has 2 atom stereocenters. The van der Waals surface area contributed by atoms with Gasteiger partial charge >= 0.3 is 5.97 Å². The number of rotatable bonds is 2. The number of hydrogen-bond donors (Lipinski definition) is 1. The molecule has 86 valence electrons. The van der Waals surface area contributed by atoms with Gasteiger partial charge in [-0.2, -0.15) is 0 Å². The van der Waals surface area contributed by atoms with Gasteiger partial charge in [0.25, 0.3) is 0 Å². The highest BCUT2D eigenvalue weighted by Gasteiger charge is 2.38. The topological polar surface area (TPSA) is 38.3 Å². The predicted octanol–water partition coefficient (Wildman–Crippen LogP) is 1.58. The third kappa shape index (κ3) is 2.33. The zero-order valence-electron chi connectivity index (χ0n) is 9.50. The van der Waals surface area contributed by atoms with Crippen LogP contribution in [0.25, 0.3) is 0 Å². The lowest BCUT2D eigenvalue weighted by molar-refractivity contribution is -0.146. The summed E-state index contributed by atoms with van der Waals surface area (Å²) < 4.78 is 4.88. The predicted molar refractivity (Wildman–Crippen MR) is 58.4 cm³/mol. The van der Waals surface area contributed by atoms with Crippen LogP contribution in [0.3, 0.4) is 0 Å². The molecule has 0 bridgehead atoms. The third-order valence-corrected chi connectivity index (χ3v) is 4.02. The maximum Gasteiger partial charge on any atom is 0.310 e. The molecule has 1 N–H and O–H groups in total. The molecule has 0 aromatic carbocycles. The van der Waals surface area contributed by atoms with E-state index in [1.54, 1.807) is 0 Å². The molecule has 0 amide bonds. The Balaban J connectivity index is 1.97. The van der Waals surface area contributed by atoms with Gasteiger partial charge in [0, 0.05) is 6.54 Å². The average molecular weight is 211 g/mol. The molecule has 0 aromatic rings. The minimum Gasteiger partial charge on any atom is -0.469 e. The van der Waals surface area contributed by atoms with Crippen molar-refractivity contribution in [2.45, 2.75) is 32.1 Å². The summed E-state index contributed by atoms with van der Waals surface area (Å²) in [6.07, 6.45) is 6.67. The van der Waals surface area contributed by atoms with Gasteiger partial charge in [-0.25, -0.2) is 0 Å². The fourth-order valence-electron chi connectivity index (χ4n) is 3.17. The molecule has 2 fully saturated rings. The van der Waals surface area contributed by atoms with Gasteiger partial charge in [-0.1, -0.05) is 32.1 Å². The van der Waals surface area contributed by atoms with E-state index in [0.717, 1.165) is 19.0 Å². The van der Waals surface area contributed by atoms with Crippen molar-refractivity contribution in [3.05, 3.63) is 0 Å². The Morgan fingerprint density at radius 1 is 1.20 bits per heavy atom. The smallest absolute Gasteiger partial charge is 0.310 e. The first-order valence-corrected chi connectivity index (χ1v) is 6.11. The van der Waals surface area contributed by atoms with E-state index in [1.165, 1.54) is 39.2 Å². The quantitative estimate of drug-likeness (QED) is 0.705. The van der Waals surface area contributed by atoms with E-state index in [0.29, 0.717) is 5.92 Å². The Labute approximate surface area is 91.6 Å². The van der Waals surface area contributed by atoms with Gasteiger partial charge in [0.1, 0.15) is 0 Å². The van der Waals surface area contributed by atoms with Crippen molar-refractivity contribution in [2.24, 2.45) is 17.8 Å². The second-order valence-corrected chi connectivity index (χ2v) is 4.85. The molecular formula is C12H21NO2. The van der Waals surface area contributed by atoms with Crippen molar-refractivity contribution < 1.29 is 9.53 Å². The zero-order valence-corrected chi connectivity index (χ0v) is 9.50. The zero-order chi connectivity index (χ0) is 10.7. The van der Waals surface area contributed by atoms with Gasteiger partial charge < -0.3 is 10.1 Å². The van der Waals surface area contributed by atoms with Crippen molar-refractivity contribution in [3.63, 3.8) is 0 Å². The molecule has 2 rings (SSSR count). The lowest BCUT2D eigenvalue weighted by Crippen LogP contribution is -2.30. The van der Waals surface area contributed by atoms with Gasteiger partial charge in [-0.05, 0) is 18.4 Å². The number of esters is 1. The van der Waals surface area contributed by atoms with Crippen LogP contribution < -0.4 is 5.32 Å². The van der Waals surface area contributed by atoms with Crippen LogP contribution in [-0.4, -0.2) is 26.2 Å². The summed E-state index contributed by atoms with van der Waals surface area (Å²) in [6, 6.07) is 0. The van der Waals surface area contributed by atoms with Crippen molar-refractivity contribution in [1.82, 2.24) is 5.32 Å². The molecule has 0 spiro atoms. The van der Waals surface area contributed by atoms with Gasteiger partial charge in [-0.15, -0.1) is 0 Å². The number of carbonyl (C=O) groups excluding carboxylic acids is 1. The molecule has 2 unspecified atom stereocenters. The molecule has 1 aliphatic carbocycles. The Morgan fingerprint density at radius 2 is 1.93 bits per heavy atom. The van der Waals surface area contributed by atoms with E-state index in [2.05, 4.69) is 5.32 Å². The Morgan fingerprint density at radius 3 is 2.60 bits per heavy atom. The van der Waals surface area contributed by atoms with Crippen molar-refractivity contribution in [3.8, 4) is 0 Å². The monoisotopic (exact) mass is 211 g/mol. The van der Waals surface area contributed by atoms with E-state index in [9.17, 15) is 4.79 Å². The van der Waals surface area contributed by atoms with Crippen LogP contribution in [0.1, 0.15) is 32.1 Å². The minimum atomic E-state index is -0.0180. The lowest BCUT2D eigenvalue weighted by Gasteiger charge is -2.29. The molecule has 1 saturated heterocycles. The van der Waals surface area contributed by atoms with Crippen LogP contribution >= 0.6 is 0 Å². The third-order valence-electron chi connectivity index (χ3n) is 4.02. The number of ether oxygens (including phenoxy) is 1. The molecule has 1 heterocycles. The van der Waals surface area contributed by atoms with Gasteiger partial charge in [0.15, 0.2) is 0 Å². The molecule has 3 heteroatoms. The molecule has 1 aliphatic heterocycles. The summed E-state index contributed by atoms with van der Waals surface area (Å²) >= 11 is 0. The van der Waals surface area contributed by atoms with Crippen LogP contribution in [0.4, 0.5) is 0 Å². The van der Waals surface area contributed by atoms with Gasteiger partial charge in [0.2, 0.25) is 0 Å². The molecular weight excluding hydrogens is 190 g/mol. The van der Waals surface area contributed by atoms with Crippen LogP contribution in [0.5, 0.6) is 0 Å². The molecule has 2 aliphatic rings. The summed E-state index contributed by atoms with van der Waals surface area (Å²) in [5, 5.41) is 3.33. The van der Waals surface area contributed by atoms with E-state index < -0.39 is 0 Å². The molecule has 0 radical (unpaired) electrons. The fraction of sp³-hybridized carbons (Fsp3) is 0.917. The highest BCUT2D eigenvalue weighted by atomic mass is 16.5. The SMILES string of the molecule is COC(=O)C1CNCC1C1CCCCC1. The molecule has 15 heavy (non-hydrogen) atoms. The average Bonchev–Trinajstić information content (AvgIpc) is 2.78. The first-order valence-electron chi connectivity index (χ1n) is 6.11. The lowest BCUT2D eigenvalue weighted by atomic mass is 9.75. The summed E-state index contributed by atoms with van der Waals surface area (Å²) in [7, 11) is 1.50. The van der Waals surface area contributed by atoms with E-state index in [1.807, 2.05) is 0 Å². The van der Waals surface area contributed by atoms with Crippen LogP contribution in [0.15, 0.2) is 0 Å². The van der Waals surface area contributed by atoms with Crippen molar-refractivity contribution in [1.29, 1.82) is 0 Å². The van der Waals surface area contributed by atoms with Gasteiger partial charge in [-0.3, -0.25) is 4.79 Å². The molecule has 0 aromatic heterocycles. The van der Waals surface area contributed by atoms with Gasteiger partial charge in [0.05, 0.1) is 13.0 Å². The minimum absolute atomic E-state index is 0.0180. The largest absolute Gasteiger partial charge is 0.469 e. The van der Waals surface area contributed by atoms with E-state index >= 15 is 0 Å². The maximum atomic E-state index is 11.6. The maximum absolute atomic E-state index is 11.6. The summed E-state index contributed by atoms with van der Waals surface area (Å²) in [5.74, 6) is 1.37. The van der Waals surface area contributed by atoms with Crippen LogP contribution in [0, 0.1) is 17.8 Å². The van der Waals surface area contributed by atoms with Crippen molar-refractivity contribution in [2.75, 3.05) is 20.2 Å². The second kappa shape index (κ2) is 4.97. The highest BCUT2D eigenvalue weighted by molar-refractivity contribution is 5.73. The van der Waals surface area contributed by atoms with Crippen LogP contribution in [-0.2, 0) is 9.53 Å². The number of carbonyl (C=O) groups is 1. The Kier molecular flexibility index (Phi) is 3.62. The molecule has 1 saturated carbocycles. The fourth-order valence-corrected chi connectivity index (χ4v) is 3.17. The van der Waals surface area contributed by atoms with Crippen molar-refractivity contribution >= 4 is 5.97 Å². The summed E-state index contributed by atoms with van der Waals surface area (Å²) in [5.41, 5.74) is 0. The number of hydrogen-bond acceptors (Lipinski definition) is 3. The second-order valence-electron chi connectivity index (χ2n) is 4.85. The standard InChI is InChI=1S/C12H21NO2/c1-15-12(14)11-8-13-7-10(11)9-5-3-2-4-6-9/h9-11,13H,2-8H2,1H3. The first-order chi connectivity index (χ1) is 7.33. The Hall–Kier alpha value is -0.570. The summed E-state index contributed by atoms with van der Waals surface area (Å²) in [6.45, 7) is 1.82. The normalized spacial score (nSPS) is 32.9.